The van der Waals surface area contributed by atoms with Gasteiger partial charge in [-0.25, -0.2) is 0 Å². The summed E-state index contributed by atoms with van der Waals surface area (Å²) in [6, 6.07) is 0.586. The van der Waals surface area contributed by atoms with Crippen molar-refractivity contribution in [3.8, 4) is 0 Å². The van der Waals surface area contributed by atoms with Crippen LogP contribution in [0.4, 0.5) is 0 Å². The van der Waals surface area contributed by atoms with Crippen LogP contribution in [0.1, 0.15) is 32.4 Å². The lowest BCUT2D eigenvalue weighted by Gasteiger charge is -2.29. The van der Waals surface area contributed by atoms with E-state index in [0.29, 0.717) is 12.0 Å². The average molecular weight is 224 g/mol. The van der Waals surface area contributed by atoms with Crippen molar-refractivity contribution in [2.45, 2.75) is 32.9 Å². The Morgan fingerprint density at radius 2 is 2.06 bits per heavy atom. The normalized spacial score (nSPS) is 15.8. The highest BCUT2D eigenvalue weighted by Gasteiger charge is 2.17. The fraction of sp³-hybridized carbons (Fsp3) is 0.750. The van der Waals surface area contributed by atoms with Gasteiger partial charge in [-0.15, -0.1) is 0 Å². The molecule has 0 saturated heterocycles. The summed E-state index contributed by atoms with van der Waals surface area (Å²) in [6.45, 7) is 7.57. The third-order valence-electron chi connectivity index (χ3n) is 3.30. The van der Waals surface area contributed by atoms with E-state index in [-0.39, 0.29) is 6.04 Å². The van der Waals surface area contributed by atoms with Gasteiger partial charge in [0.1, 0.15) is 0 Å². The molecule has 2 N–H and O–H groups in total. The number of rotatable bonds is 5. The molecular formula is C12H24N4. The van der Waals surface area contributed by atoms with Crippen molar-refractivity contribution in [2.24, 2.45) is 18.7 Å². The quantitative estimate of drug-likeness (QED) is 0.822. The van der Waals surface area contributed by atoms with Crippen molar-refractivity contribution in [1.29, 1.82) is 0 Å². The maximum atomic E-state index is 6.15. The fourth-order valence-electron chi connectivity index (χ4n) is 1.72. The molecule has 1 aromatic heterocycles. The summed E-state index contributed by atoms with van der Waals surface area (Å²) < 4.78 is 1.79. The highest BCUT2D eigenvalue weighted by atomic mass is 15.2. The minimum atomic E-state index is 0.0416. The van der Waals surface area contributed by atoms with Crippen LogP contribution in [0.5, 0.6) is 0 Å². The zero-order chi connectivity index (χ0) is 12.3. The average Bonchev–Trinajstić information content (AvgIpc) is 2.63. The zero-order valence-corrected chi connectivity index (χ0v) is 11.0. The minimum Gasteiger partial charge on any atom is -0.323 e. The highest BCUT2D eigenvalue weighted by molar-refractivity contribution is 5.10. The zero-order valence-electron chi connectivity index (χ0n) is 11.0. The maximum Gasteiger partial charge on any atom is 0.0537 e. The van der Waals surface area contributed by atoms with Gasteiger partial charge in [0.25, 0.3) is 0 Å². The van der Waals surface area contributed by atoms with Gasteiger partial charge in [-0.1, -0.05) is 13.8 Å². The molecule has 0 amide bonds. The Bertz CT molecular complexity index is 319. The van der Waals surface area contributed by atoms with Crippen molar-refractivity contribution in [1.82, 2.24) is 14.7 Å². The molecule has 0 aliphatic heterocycles. The van der Waals surface area contributed by atoms with E-state index >= 15 is 0 Å². The van der Waals surface area contributed by atoms with Crippen LogP contribution in [0, 0.1) is 5.92 Å². The Balaban J connectivity index is 2.54. The van der Waals surface area contributed by atoms with Crippen molar-refractivity contribution in [2.75, 3.05) is 13.6 Å². The molecule has 16 heavy (non-hydrogen) atoms. The summed E-state index contributed by atoms with van der Waals surface area (Å²) in [5, 5.41) is 4.14. The molecule has 0 saturated carbocycles. The van der Waals surface area contributed by atoms with Crippen molar-refractivity contribution < 1.29 is 0 Å². The molecule has 0 aliphatic carbocycles. The largest absolute Gasteiger partial charge is 0.323 e. The second-order valence-corrected chi connectivity index (χ2v) is 4.98. The molecule has 0 spiro atoms. The van der Waals surface area contributed by atoms with E-state index in [2.05, 4.69) is 37.8 Å². The van der Waals surface area contributed by atoms with Crippen LogP contribution < -0.4 is 5.73 Å². The van der Waals surface area contributed by atoms with Gasteiger partial charge < -0.3 is 10.6 Å². The number of nitrogens with two attached hydrogens (primary N) is 1. The van der Waals surface area contributed by atoms with Gasteiger partial charge in [0.2, 0.25) is 0 Å². The number of aromatic nitrogens is 2. The van der Waals surface area contributed by atoms with Crippen LogP contribution in [0.15, 0.2) is 12.4 Å². The monoisotopic (exact) mass is 224 g/mol. The molecule has 0 aliphatic rings. The van der Waals surface area contributed by atoms with Crippen molar-refractivity contribution in [3.63, 3.8) is 0 Å². The summed E-state index contributed by atoms with van der Waals surface area (Å²) in [6.07, 6.45) is 3.83. The first-order chi connectivity index (χ1) is 7.41. The number of hydrogen-bond donors (Lipinski definition) is 1. The molecule has 92 valence electrons. The molecule has 0 fully saturated rings. The maximum absolute atomic E-state index is 6.15. The van der Waals surface area contributed by atoms with E-state index in [1.807, 2.05) is 19.4 Å². The first kappa shape index (κ1) is 13.2. The number of hydrogen-bond acceptors (Lipinski definition) is 3. The second kappa shape index (κ2) is 5.46. The fourth-order valence-corrected chi connectivity index (χ4v) is 1.72. The summed E-state index contributed by atoms with van der Waals surface area (Å²) >= 11 is 0. The lowest BCUT2D eigenvalue weighted by Crippen LogP contribution is -2.38. The molecule has 2 atom stereocenters. The van der Waals surface area contributed by atoms with E-state index in [0.717, 1.165) is 12.1 Å². The predicted octanol–water partition coefficient (Wildman–Crippen LogP) is 1.40. The standard InChI is InChI=1S/C12H24N4/c1-9(2)10(3)15(4)8-12(13)11-6-14-16(5)7-11/h6-7,9-10,12H,8,13H2,1-5H3. The number of nitrogens with zero attached hydrogens (tertiary/aromatic N) is 3. The van der Waals surface area contributed by atoms with Gasteiger partial charge in [0, 0.05) is 37.4 Å². The first-order valence-electron chi connectivity index (χ1n) is 5.86. The molecule has 1 aromatic rings. The molecule has 0 aromatic carbocycles. The van der Waals surface area contributed by atoms with Crippen LogP contribution >= 0.6 is 0 Å². The molecule has 1 heterocycles. The van der Waals surface area contributed by atoms with E-state index in [1.54, 1.807) is 4.68 Å². The van der Waals surface area contributed by atoms with E-state index < -0.39 is 0 Å². The SMILES string of the molecule is CC(C)C(C)N(C)CC(N)c1cnn(C)c1. The number of likely N-dealkylation sites (N-methyl/N-ethyl adjacent to an activating group) is 1. The van der Waals surface area contributed by atoms with E-state index in [4.69, 9.17) is 5.73 Å². The van der Waals surface area contributed by atoms with E-state index in [9.17, 15) is 0 Å². The van der Waals surface area contributed by atoms with Crippen molar-refractivity contribution >= 4 is 0 Å². The van der Waals surface area contributed by atoms with Gasteiger partial charge in [0.05, 0.1) is 6.20 Å². The minimum absolute atomic E-state index is 0.0416. The number of aryl methyl sites for hydroxylation is 1. The van der Waals surface area contributed by atoms with Gasteiger partial charge >= 0.3 is 0 Å². The first-order valence-corrected chi connectivity index (χ1v) is 5.86. The lowest BCUT2D eigenvalue weighted by atomic mass is 10.0. The highest BCUT2D eigenvalue weighted by Crippen LogP contribution is 2.14. The van der Waals surface area contributed by atoms with Gasteiger partial charge in [0.15, 0.2) is 0 Å². The van der Waals surface area contributed by atoms with Gasteiger partial charge in [-0.3, -0.25) is 4.68 Å². The third kappa shape index (κ3) is 3.32. The molecule has 4 nitrogen and oxygen atoms in total. The molecule has 1 rings (SSSR count). The van der Waals surface area contributed by atoms with Crippen molar-refractivity contribution in [3.05, 3.63) is 18.0 Å². The summed E-state index contributed by atoms with van der Waals surface area (Å²) in [4.78, 5) is 2.31. The molecule has 4 heteroatoms. The Morgan fingerprint density at radius 1 is 1.44 bits per heavy atom. The Morgan fingerprint density at radius 3 is 2.50 bits per heavy atom. The Kier molecular flexibility index (Phi) is 4.50. The molecule has 0 bridgehead atoms. The van der Waals surface area contributed by atoms with E-state index in [1.165, 1.54) is 0 Å². The second-order valence-electron chi connectivity index (χ2n) is 4.98. The molecule has 0 radical (unpaired) electrons. The van der Waals surface area contributed by atoms with Crippen LogP contribution in [0.3, 0.4) is 0 Å². The van der Waals surface area contributed by atoms with Gasteiger partial charge in [-0.2, -0.15) is 5.10 Å². The molecule has 2 unspecified atom stereocenters. The van der Waals surface area contributed by atoms with Crippen LogP contribution in [-0.2, 0) is 7.05 Å². The Labute approximate surface area is 98.4 Å². The third-order valence-corrected chi connectivity index (χ3v) is 3.30. The van der Waals surface area contributed by atoms with Crippen LogP contribution in [0.2, 0.25) is 0 Å². The van der Waals surface area contributed by atoms with Crippen LogP contribution in [-0.4, -0.2) is 34.3 Å². The smallest absolute Gasteiger partial charge is 0.0537 e. The predicted molar refractivity (Wildman–Crippen MR) is 67.1 cm³/mol. The summed E-state index contributed by atoms with van der Waals surface area (Å²) in [5.41, 5.74) is 7.25. The molecular weight excluding hydrogens is 200 g/mol. The lowest BCUT2D eigenvalue weighted by molar-refractivity contribution is 0.197. The Hall–Kier alpha value is -0.870. The topological polar surface area (TPSA) is 47.1 Å². The summed E-state index contributed by atoms with van der Waals surface area (Å²) in [5.74, 6) is 0.645. The summed E-state index contributed by atoms with van der Waals surface area (Å²) in [7, 11) is 4.04. The van der Waals surface area contributed by atoms with Gasteiger partial charge in [-0.05, 0) is 19.9 Å². The van der Waals surface area contributed by atoms with Crippen LogP contribution in [0.25, 0.3) is 0 Å².